The van der Waals surface area contributed by atoms with Crippen LogP contribution in [0.25, 0.3) is 0 Å². The van der Waals surface area contributed by atoms with Gasteiger partial charge in [-0.05, 0) is 42.8 Å². The summed E-state index contributed by atoms with van der Waals surface area (Å²) in [6, 6.07) is 9.22. The maximum atomic E-state index is 6.00. The van der Waals surface area contributed by atoms with Gasteiger partial charge in [-0.15, -0.1) is 0 Å². The molecule has 6 heteroatoms. The molecule has 4 nitrogen and oxygen atoms in total. The van der Waals surface area contributed by atoms with E-state index in [2.05, 4.69) is 15.5 Å². The van der Waals surface area contributed by atoms with E-state index in [-0.39, 0.29) is 0 Å². The molecular weight excluding hydrogens is 297 g/mol. The summed E-state index contributed by atoms with van der Waals surface area (Å²) in [6.07, 6.45) is 1.51. The van der Waals surface area contributed by atoms with Gasteiger partial charge in [0.1, 0.15) is 5.75 Å². The molecule has 0 aliphatic rings. The molecule has 1 aromatic carbocycles. The highest BCUT2D eigenvalue weighted by Crippen LogP contribution is 2.22. The Balaban J connectivity index is 2.13. The molecule has 0 bridgehead atoms. The highest BCUT2D eigenvalue weighted by atomic mass is 35.5. The molecule has 0 atom stereocenters. The van der Waals surface area contributed by atoms with E-state index in [4.69, 9.17) is 27.9 Å². The van der Waals surface area contributed by atoms with Gasteiger partial charge in [-0.2, -0.15) is 5.10 Å². The van der Waals surface area contributed by atoms with E-state index < -0.39 is 0 Å². The first-order valence-corrected chi connectivity index (χ1v) is 6.61. The maximum Gasteiger partial charge on any atom is 0.165 e. The van der Waals surface area contributed by atoms with Crippen molar-refractivity contribution in [3.05, 3.63) is 52.1 Å². The molecule has 1 N–H and O–H groups in total. The van der Waals surface area contributed by atoms with E-state index in [9.17, 15) is 0 Å². The Hall–Kier alpha value is -1.78. The molecule has 104 valence electrons. The molecule has 2 rings (SSSR count). The minimum Gasteiger partial charge on any atom is -0.497 e. The van der Waals surface area contributed by atoms with Crippen molar-refractivity contribution in [2.24, 2.45) is 5.10 Å². The number of nitrogens with zero attached hydrogens (tertiary/aromatic N) is 2. The van der Waals surface area contributed by atoms with Gasteiger partial charge >= 0.3 is 0 Å². The summed E-state index contributed by atoms with van der Waals surface area (Å²) < 4.78 is 5.11. The van der Waals surface area contributed by atoms with Crippen LogP contribution in [0.2, 0.25) is 10.0 Å². The summed E-state index contributed by atoms with van der Waals surface area (Å²) in [7, 11) is 1.63. The second kappa shape index (κ2) is 6.59. The minimum absolute atomic E-state index is 0.420. The smallest absolute Gasteiger partial charge is 0.165 e. The molecule has 0 aliphatic heterocycles. The number of aromatic nitrogens is 1. The van der Waals surface area contributed by atoms with Crippen LogP contribution in [0.15, 0.2) is 41.6 Å². The molecule has 0 saturated carbocycles. The monoisotopic (exact) mass is 309 g/mol. The van der Waals surface area contributed by atoms with Gasteiger partial charge in [-0.1, -0.05) is 23.2 Å². The van der Waals surface area contributed by atoms with Crippen LogP contribution in [0.5, 0.6) is 5.75 Å². The molecule has 0 aliphatic carbocycles. The zero-order chi connectivity index (χ0) is 14.5. The lowest BCUT2D eigenvalue weighted by Crippen LogP contribution is -2.01. The molecular formula is C14H13Cl2N3O. The zero-order valence-electron chi connectivity index (χ0n) is 11.0. The summed E-state index contributed by atoms with van der Waals surface area (Å²) in [5, 5.41) is 5.15. The molecule has 0 unspecified atom stereocenters. The van der Waals surface area contributed by atoms with Gasteiger partial charge < -0.3 is 4.74 Å². The fraction of sp³-hybridized carbons (Fsp3) is 0.143. The molecule has 1 aromatic heterocycles. The van der Waals surface area contributed by atoms with Crippen LogP contribution in [-0.4, -0.2) is 17.8 Å². The van der Waals surface area contributed by atoms with Crippen LogP contribution in [-0.2, 0) is 0 Å². The van der Waals surface area contributed by atoms with Crippen LogP contribution < -0.4 is 10.2 Å². The number of nitrogens with one attached hydrogen (secondary N) is 1. The number of hydrogen-bond acceptors (Lipinski definition) is 4. The van der Waals surface area contributed by atoms with Crippen molar-refractivity contribution in [3.63, 3.8) is 0 Å². The lowest BCUT2D eigenvalue weighted by Gasteiger charge is -2.05. The average Bonchev–Trinajstić information content (AvgIpc) is 2.46. The van der Waals surface area contributed by atoms with Gasteiger partial charge in [-0.25, -0.2) is 4.98 Å². The molecule has 0 fully saturated rings. The first-order chi connectivity index (χ1) is 9.60. The molecule has 0 spiro atoms. The quantitative estimate of drug-likeness (QED) is 0.679. The lowest BCUT2D eigenvalue weighted by atomic mass is 10.1. The number of pyridine rings is 1. The third-order valence-electron chi connectivity index (χ3n) is 2.65. The van der Waals surface area contributed by atoms with Crippen molar-refractivity contribution in [2.75, 3.05) is 12.5 Å². The number of halogens is 2. The van der Waals surface area contributed by atoms with E-state index in [0.717, 1.165) is 17.0 Å². The van der Waals surface area contributed by atoms with Crippen molar-refractivity contribution in [1.82, 2.24) is 4.98 Å². The fourth-order valence-electron chi connectivity index (χ4n) is 1.53. The number of hydrazone groups is 1. The van der Waals surface area contributed by atoms with Crippen molar-refractivity contribution in [1.29, 1.82) is 0 Å². The maximum absolute atomic E-state index is 6.00. The third kappa shape index (κ3) is 3.62. The Bertz CT molecular complexity index is 627. The third-order valence-corrected chi connectivity index (χ3v) is 3.14. The van der Waals surface area contributed by atoms with Crippen LogP contribution in [0.4, 0.5) is 5.82 Å². The lowest BCUT2D eigenvalue weighted by molar-refractivity contribution is 0.415. The number of methoxy groups -OCH3 is 1. The Morgan fingerprint density at radius 3 is 2.55 bits per heavy atom. The average molecular weight is 310 g/mol. The Morgan fingerprint density at radius 2 is 1.95 bits per heavy atom. The number of ether oxygens (including phenoxy) is 1. The topological polar surface area (TPSA) is 46.5 Å². The van der Waals surface area contributed by atoms with Crippen molar-refractivity contribution >= 4 is 34.7 Å². The van der Waals surface area contributed by atoms with Crippen LogP contribution in [0.3, 0.4) is 0 Å². The molecule has 2 aromatic rings. The van der Waals surface area contributed by atoms with Gasteiger partial charge in [0.05, 0.1) is 22.9 Å². The standard InChI is InChI=1S/C14H13Cl2N3O/c1-9(10-3-5-12(20-2)6-4-10)18-19-14-13(16)7-11(15)8-17-14/h3-8H,1-2H3,(H,17,19)/b18-9-. The van der Waals surface area contributed by atoms with Gasteiger partial charge in [0.25, 0.3) is 0 Å². The van der Waals surface area contributed by atoms with E-state index in [0.29, 0.717) is 15.9 Å². The summed E-state index contributed by atoms with van der Waals surface area (Å²) in [5.41, 5.74) is 4.60. The van der Waals surface area contributed by atoms with Gasteiger partial charge in [0.2, 0.25) is 0 Å². The number of benzene rings is 1. The second-order valence-electron chi connectivity index (χ2n) is 4.02. The summed E-state index contributed by atoms with van der Waals surface area (Å²) in [4.78, 5) is 4.07. The predicted molar refractivity (Wildman–Crippen MR) is 83.1 cm³/mol. The summed E-state index contributed by atoms with van der Waals surface area (Å²) >= 11 is 11.8. The summed E-state index contributed by atoms with van der Waals surface area (Å²) in [6.45, 7) is 1.89. The Kier molecular flexibility index (Phi) is 4.82. The van der Waals surface area contributed by atoms with Crippen molar-refractivity contribution in [2.45, 2.75) is 6.92 Å². The number of hydrogen-bond donors (Lipinski definition) is 1. The zero-order valence-corrected chi connectivity index (χ0v) is 12.5. The fourth-order valence-corrected chi connectivity index (χ4v) is 1.95. The predicted octanol–water partition coefficient (Wildman–Crippen LogP) is 4.23. The van der Waals surface area contributed by atoms with Gasteiger partial charge in [0.15, 0.2) is 5.82 Å². The van der Waals surface area contributed by atoms with E-state index in [1.165, 1.54) is 6.20 Å². The largest absolute Gasteiger partial charge is 0.497 e. The number of rotatable bonds is 4. The molecule has 0 saturated heterocycles. The first kappa shape index (κ1) is 14.6. The van der Waals surface area contributed by atoms with Gasteiger partial charge in [-0.3, -0.25) is 5.43 Å². The van der Waals surface area contributed by atoms with Crippen LogP contribution in [0, 0.1) is 0 Å². The van der Waals surface area contributed by atoms with Crippen molar-refractivity contribution < 1.29 is 4.74 Å². The van der Waals surface area contributed by atoms with E-state index in [1.54, 1.807) is 13.2 Å². The van der Waals surface area contributed by atoms with E-state index >= 15 is 0 Å². The second-order valence-corrected chi connectivity index (χ2v) is 4.87. The van der Waals surface area contributed by atoms with Crippen LogP contribution in [0.1, 0.15) is 12.5 Å². The SMILES string of the molecule is COc1ccc(/C(C)=N\Nc2ncc(Cl)cc2Cl)cc1. The van der Waals surface area contributed by atoms with E-state index in [1.807, 2.05) is 31.2 Å². The highest BCUT2D eigenvalue weighted by Gasteiger charge is 2.03. The Labute approximate surface area is 127 Å². The molecule has 0 amide bonds. The highest BCUT2D eigenvalue weighted by molar-refractivity contribution is 6.35. The van der Waals surface area contributed by atoms with Crippen LogP contribution >= 0.6 is 23.2 Å². The number of anilines is 1. The summed E-state index contributed by atoms with van der Waals surface area (Å²) in [5.74, 6) is 1.26. The normalized spacial score (nSPS) is 11.3. The molecule has 0 radical (unpaired) electrons. The molecule has 20 heavy (non-hydrogen) atoms. The Morgan fingerprint density at radius 1 is 1.25 bits per heavy atom. The van der Waals surface area contributed by atoms with Crippen molar-refractivity contribution in [3.8, 4) is 5.75 Å². The molecule has 1 heterocycles. The van der Waals surface area contributed by atoms with Gasteiger partial charge in [0, 0.05) is 6.20 Å². The minimum atomic E-state index is 0.420. The first-order valence-electron chi connectivity index (χ1n) is 5.86.